The van der Waals surface area contributed by atoms with Gasteiger partial charge in [0.15, 0.2) is 6.61 Å². The molecular weight excluding hydrogens is 391 g/mol. The average molecular weight is 411 g/mol. The molecule has 1 heterocycles. The van der Waals surface area contributed by atoms with Gasteiger partial charge in [-0.3, -0.25) is 4.79 Å². The van der Waals surface area contributed by atoms with Crippen LogP contribution in [-0.4, -0.2) is 32.1 Å². The van der Waals surface area contributed by atoms with Gasteiger partial charge in [-0.15, -0.1) is 12.4 Å². The van der Waals surface area contributed by atoms with Gasteiger partial charge in [0.2, 0.25) is 0 Å². The van der Waals surface area contributed by atoms with Gasteiger partial charge in [-0.1, -0.05) is 0 Å². The first-order valence-corrected chi connectivity index (χ1v) is 7.67. The minimum Gasteiger partial charge on any atom is -0.484 e. The van der Waals surface area contributed by atoms with Crippen LogP contribution in [0, 0.1) is 9.49 Å². The van der Waals surface area contributed by atoms with Crippen molar-refractivity contribution >= 4 is 40.9 Å². The predicted molar refractivity (Wildman–Crippen MR) is 90.5 cm³/mol. The highest BCUT2D eigenvalue weighted by Gasteiger charge is 2.13. The van der Waals surface area contributed by atoms with Gasteiger partial charge in [-0.2, -0.15) is 0 Å². The molecule has 1 aromatic carbocycles. The molecule has 1 aliphatic rings. The van der Waals surface area contributed by atoms with Crippen molar-refractivity contribution in [3.63, 3.8) is 0 Å². The number of rotatable bonds is 5. The second-order valence-corrected chi connectivity index (χ2v) is 6.00. The second-order valence-electron chi connectivity index (χ2n) is 4.76. The van der Waals surface area contributed by atoms with Gasteiger partial charge in [0.25, 0.3) is 5.91 Å². The number of carbonyl (C=O) groups is 1. The van der Waals surface area contributed by atoms with Crippen molar-refractivity contribution in [1.82, 2.24) is 10.6 Å². The Bertz CT molecular complexity index is 408. The zero-order valence-corrected chi connectivity index (χ0v) is 14.2. The molecule has 1 atom stereocenters. The molecule has 4 nitrogen and oxygen atoms in total. The van der Waals surface area contributed by atoms with Crippen LogP contribution in [0.4, 0.5) is 0 Å². The van der Waals surface area contributed by atoms with Crippen molar-refractivity contribution < 1.29 is 9.53 Å². The molecule has 20 heavy (non-hydrogen) atoms. The zero-order valence-electron chi connectivity index (χ0n) is 11.2. The van der Waals surface area contributed by atoms with Crippen molar-refractivity contribution in [1.29, 1.82) is 0 Å². The van der Waals surface area contributed by atoms with E-state index in [9.17, 15) is 4.79 Å². The number of hydrogen-bond acceptors (Lipinski definition) is 3. The first-order valence-electron chi connectivity index (χ1n) is 6.60. The summed E-state index contributed by atoms with van der Waals surface area (Å²) in [4.78, 5) is 11.7. The SMILES string of the molecule is Cl.O=C(COc1ccc(I)cc1)NCC1CCCNC1. The van der Waals surface area contributed by atoms with E-state index in [1.54, 1.807) is 0 Å². The van der Waals surface area contributed by atoms with Gasteiger partial charge in [0, 0.05) is 10.1 Å². The third-order valence-corrected chi connectivity index (χ3v) is 3.89. The number of halogens is 2. The molecule has 0 aromatic heterocycles. The Labute approximate surface area is 139 Å². The first kappa shape index (κ1) is 17.5. The lowest BCUT2D eigenvalue weighted by atomic mass is 10.00. The molecule has 1 aromatic rings. The highest BCUT2D eigenvalue weighted by atomic mass is 127. The summed E-state index contributed by atoms with van der Waals surface area (Å²) in [6, 6.07) is 7.67. The Kier molecular flexibility index (Phi) is 8.25. The molecule has 2 N–H and O–H groups in total. The van der Waals surface area contributed by atoms with Crippen molar-refractivity contribution in [2.75, 3.05) is 26.2 Å². The van der Waals surface area contributed by atoms with E-state index >= 15 is 0 Å². The monoisotopic (exact) mass is 410 g/mol. The average Bonchev–Trinajstić information content (AvgIpc) is 2.45. The van der Waals surface area contributed by atoms with Gasteiger partial charge >= 0.3 is 0 Å². The number of hydrogen-bond donors (Lipinski definition) is 2. The largest absolute Gasteiger partial charge is 0.484 e. The van der Waals surface area contributed by atoms with Gasteiger partial charge in [-0.05, 0) is 78.7 Å². The van der Waals surface area contributed by atoms with Gasteiger partial charge in [0.05, 0.1) is 0 Å². The quantitative estimate of drug-likeness (QED) is 0.732. The lowest BCUT2D eigenvalue weighted by molar-refractivity contribution is -0.123. The molecular formula is C14H20ClIN2O2. The highest BCUT2D eigenvalue weighted by molar-refractivity contribution is 14.1. The summed E-state index contributed by atoms with van der Waals surface area (Å²) in [5.41, 5.74) is 0. The van der Waals surface area contributed by atoms with Crippen LogP contribution >= 0.6 is 35.0 Å². The lowest BCUT2D eigenvalue weighted by Gasteiger charge is -2.22. The van der Waals surface area contributed by atoms with Crippen LogP contribution in [0.3, 0.4) is 0 Å². The van der Waals surface area contributed by atoms with Crippen LogP contribution in [-0.2, 0) is 4.79 Å². The normalized spacial score (nSPS) is 17.9. The minimum atomic E-state index is -0.0517. The van der Waals surface area contributed by atoms with Crippen LogP contribution in [0.5, 0.6) is 5.75 Å². The van der Waals surface area contributed by atoms with E-state index < -0.39 is 0 Å². The molecule has 1 aliphatic heterocycles. The fraction of sp³-hybridized carbons (Fsp3) is 0.500. The Morgan fingerprint density at radius 2 is 2.15 bits per heavy atom. The Hall–Kier alpha value is -0.530. The van der Waals surface area contributed by atoms with Gasteiger partial charge < -0.3 is 15.4 Å². The molecule has 1 saturated heterocycles. The number of benzene rings is 1. The molecule has 2 rings (SSSR count). The summed E-state index contributed by atoms with van der Waals surface area (Å²) in [6.45, 7) is 2.92. The van der Waals surface area contributed by atoms with Gasteiger partial charge in [-0.25, -0.2) is 0 Å². The summed E-state index contributed by atoms with van der Waals surface area (Å²) in [5.74, 6) is 1.23. The summed E-state index contributed by atoms with van der Waals surface area (Å²) in [5, 5.41) is 6.27. The standard InChI is InChI=1S/C14H19IN2O2.ClH/c15-12-3-5-13(6-4-12)19-10-14(18)17-9-11-2-1-7-16-8-11;/h3-6,11,16H,1-2,7-10H2,(H,17,18);1H. The molecule has 0 aliphatic carbocycles. The summed E-state index contributed by atoms with van der Waals surface area (Å²) >= 11 is 2.24. The Balaban J connectivity index is 0.00000200. The molecule has 0 saturated carbocycles. The van der Waals surface area contributed by atoms with E-state index in [1.807, 2.05) is 24.3 Å². The van der Waals surface area contributed by atoms with Crippen molar-refractivity contribution in [3.05, 3.63) is 27.8 Å². The molecule has 1 unspecified atom stereocenters. The first-order chi connectivity index (χ1) is 9.24. The third-order valence-electron chi connectivity index (χ3n) is 3.17. The fourth-order valence-corrected chi connectivity index (χ4v) is 2.45. The predicted octanol–water partition coefficient (Wildman–Crippen LogP) is 2.21. The molecule has 1 fully saturated rings. The molecule has 6 heteroatoms. The van der Waals surface area contributed by atoms with E-state index in [0.29, 0.717) is 5.92 Å². The number of carbonyl (C=O) groups excluding carboxylic acids is 1. The maximum absolute atomic E-state index is 11.7. The molecule has 1 amide bonds. The maximum atomic E-state index is 11.7. The van der Waals surface area contributed by atoms with Crippen molar-refractivity contribution in [2.24, 2.45) is 5.92 Å². The number of piperidine rings is 1. The van der Waals surface area contributed by atoms with E-state index in [4.69, 9.17) is 4.74 Å². The van der Waals surface area contributed by atoms with E-state index in [2.05, 4.69) is 33.2 Å². The Morgan fingerprint density at radius 1 is 1.40 bits per heavy atom. The fourth-order valence-electron chi connectivity index (χ4n) is 2.09. The maximum Gasteiger partial charge on any atom is 0.257 e. The third kappa shape index (κ3) is 6.28. The van der Waals surface area contributed by atoms with E-state index in [1.165, 1.54) is 12.8 Å². The van der Waals surface area contributed by atoms with Crippen molar-refractivity contribution in [2.45, 2.75) is 12.8 Å². The topological polar surface area (TPSA) is 50.4 Å². The van der Waals surface area contributed by atoms with Crippen molar-refractivity contribution in [3.8, 4) is 5.75 Å². The molecule has 0 bridgehead atoms. The van der Waals surface area contributed by atoms with Crippen LogP contribution in [0.2, 0.25) is 0 Å². The molecule has 112 valence electrons. The van der Waals surface area contributed by atoms with Crippen LogP contribution in [0.1, 0.15) is 12.8 Å². The van der Waals surface area contributed by atoms with Crippen LogP contribution in [0.15, 0.2) is 24.3 Å². The zero-order chi connectivity index (χ0) is 13.5. The van der Waals surface area contributed by atoms with E-state index in [0.717, 1.165) is 29.0 Å². The van der Waals surface area contributed by atoms with Crippen LogP contribution in [0.25, 0.3) is 0 Å². The second kappa shape index (κ2) is 9.41. The number of nitrogens with one attached hydrogen (secondary N) is 2. The molecule has 0 spiro atoms. The number of ether oxygens (including phenoxy) is 1. The smallest absolute Gasteiger partial charge is 0.257 e. The lowest BCUT2D eigenvalue weighted by Crippen LogP contribution is -2.39. The minimum absolute atomic E-state index is 0. The van der Waals surface area contributed by atoms with Gasteiger partial charge in [0.1, 0.15) is 5.75 Å². The number of amides is 1. The van der Waals surface area contributed by atoms with Crippen LogP contribution < -0.4 is 15.4 Å². The Morgan fingerprint density at radius 3 is 2.80 bits per heavy atom. The summed E-state index contributed by atoms with van der Waals surface area (Å²) < 4.78 is 6.58. The molecule has 0 radical (unpaired) electrons. The van der Waals surface area contributed by atoms with E-state index in [-0.39, 0.29) is 24.9 Å². The summed E-state index contributed by atoms with van der Waals surface area (Å²) in [6.07, 6.45) is 2.38. The summed E-state index contributed by atoms with van der Waals surface area (Å²) in [7, 11) is 0. The highest BCUT2D eigenvalue weighted by Crippen LogP contribution is 2.13.